The van der Waals surface area contributed by atoms with Crippen molar-refractivity contribution < 1.29 is 4.79 Å². The molecule has 0 aliphatic rings. The molecule has 0 unspecified atom stereocenters. The van der Waals surface area contributed by atoms with E-state index in [4.69, 9.17) is 0 Å². The molecular formula is C27H25NO. The van der Waals surface area contributed by atoms with Gasteiger partial charge in [-0.15, -0.1) is 0 Å². The smallest absolute Gasteiger partial charge is 0.137 e. The maximum atomic E-state index is 12.2. The van der Waals surface area contributed by atoms with Gasteiger partial charge in [-0.05, 0) is 48.6 Å². The van der Waals surface area contributed by atoms with Gasteiger partial charge in [0.05, 0.1) is 5.52 Å². The number of nitrogens with zero attached hydrogens (tertiary/aromatic N) is 1. The van der Waals surface area contributed by atoms with Gasteiger partial charge in [0.25, 0.3) is 0 Å². The Morgan fingerprint density at radius 3 is 2.34 bits per heavy atom. The lowest BCUT2D eigenvalue weighted by atomic mass is 9.99. The van der Waals surface area contributed by atoms with Crippen molar-refractivity contribution in [2.75, 3.05) is 0 Å². The van der Waals surface area contributed by atoms with Crippen LogP contribution in [0.25, 0.3) is 22.0 Å². The summed E-state index contributed by atoms with van der Waals surface area (Å²) in [6, 6.07) is 27.2. The fraction of sp³-hybridized carbons (Fsp3) is 0.185. The number of aromatic nitrogens is 1. The highest BCUT2D eigenvalue weighted by Crippen LogP contribution is 2.23. The average Bonchev–Trinajstić information content (AvgIpc) is 2.75. The molecule has 0 saturated carbocycles. The summed E-state index contributed by atoms with van der Waals surface area (Å²) >= 11 is 0. The highest BCUT2D eigenvalue weighted by molar-refractivity contribution is 5.83. The summed E-state index contributed by atoms with van der Waals surface area (Å²) in [4.78, 5) is 16.8. The van der Waals surface area contributed by atoms with Crippen LogP contribution in [0.2, 0.25) is 0 Å². The van der Waals surface area contributed by atoms with E-state index in [0.717, 1.165) is 34.9 Å². The molecule has 144 valence electrons. The van der Waals surface area contributed by atoms with Crippen molar-refractivity contribution in [1.82, 2.24) is 4.98 Å². The Morgan fingerprint density at radius 2 is 1.55 bits per heavy atom. The first-order chi connectivity index (χ1) is 14.2. The third kappa shape index (κ3) is 4.97. The van der Waals surface area contributed by atoms with Crippen LogP contribution in [0.1, 0.15) is 29.5 Å². The first-order valence-electron chi connectivity index (χ1n) is 10.2. The molecule has 3 aromatic carbocycles. The maximum absolute atomic E-state index is 12.2. The number of fused-ring (bicyclic) bond motifs is 1. The highest BCUT2D eigenvalue weighted by atomic mass is 16.1. The number of carbonyl (C=O) groups excluding carboxylic acids is 1. The van der Waals surface area contributed by atoms with Crippen LogP contribution in [0, 0.1) is 6.92 Å². The number of Topliss-reactive ketones (excluding diaryl/α,β-unsaturated/α-hetero) is 1. The van der Waals surface area contributed by atoms with Crippen molar-refractivity contribution in [3.63, 3.8) is 0 Å². The van der Waals surface area contributed by atoms with Crippen molar-refractivity contribution in [3.05, 3.63) is 102 Å². The molecule has 4 rings (SSSR count). The van der Waals surface area contributed by atoms with Crippen molar-refractivity contribution in [1.29, 1.82) is 0 Å². The number of ketones is 1. The number of rotatable bonds is 7. The third-order valence-electron chi connectivity index (χ3n) is 5.32. The average molecular weight is 380 g/mol. The molecule has 0 aliphatic heterocycles. The topological polar surface area (TPSA) is 30.0 Å². The third-order valence-corrected chi connectivity index (χ3v) is 5.32. The zero-order valence-corrected chi connectivity index (χ0v) is 16.8. The van der Waals surface area contributed by atoms with Gasteiger partial charge in [-0.25, -0.2) is 0 Å². The Bertz CT molecular complexity index is 1110. The van der Waals surface area contributed by atoms with Gasteiger partial charge >= 0.3 is 0 Å². The predicted octanol–water partition coefficient (Wildman–Crippen LogP) is 6.34. The van der Waals surface area contributed by atoms with E-state index in [2.05, 4.69) is 60.4 Å². The van der Waals surface area contributed by atoms with E-state index < -0.39 is 0 Å². The molecule has 0 aliphatic carbocycles. The summed E-state index contributed by atoms with van der Waals surface area (Å²) in [6.07, 6.45) is 4.91. The van der Waals surface area contributed by atoms with Gasteiger partial charge in [0.15, 0.2) is 0 Å². The number of hydrogen-bond acceptors (Lipinski definition) is 2. The minimum atomic E-state index is 0.313. The number of hydrogen-bond donors (Lipinski definition) is 0. The number of para-hydroxylation sites is 1. The Morgan fingerprint density at radius 1 is 0.828 bits per heavy atom. The van der Waals surface area contributed by atoms with Crippen LogP contribution in [0.4, 0.5) is 0 Å². The van der Waals surface area contributed by atoms with Crippen LogP contribution in [-0.4, -0.2) is 10.8 Å². The van der Waals surface area contributed by atoms with Gasteiger partial charge in [-0.1, -0.05) is 72.3 Å². The van der Waals surface area contributed by atoms with E-state index in [0.29, 0.717) is 18.6 Å². The Labute approximate surface area is 172 Å². The van der Waals surface area contributed by atoms with E-state index in [9.17, 15) is 4.79 Å². The second-order valence-corrected chi connectivity index (χ2v) is 7.67. The molecule has 0 fully saturated rings. The van der Waals surface area contributed by atoms with Crippen LogP contribution in [-0.2, 0) is 17.6 Å². The fourth-order valence-corrected chi connectivity index (χ4v) is 3.60. The Balaban J connectivity index is 1.32. The molecule has 2 heteroatoms. The number of benzene rings is 3. The van der Waals surface area contributed by atoms with Crippen LogP contribution in [0.15, 0.2) is 85.1 Å². The molecule has 0 atom stereocenters. The van der Waals surface area contributed by atoms with E-state index in [1.807, 2.05) is 36.5 Å². The van der Waals surface area contributed by atoms with Gasteiger partial charge in [0.1, 0.15) is 5.78 Å². The van der Waals surface area contributed by atoms with Crippen LogP contribution in [0.3, 0.4) is 0 Å². The van der Waals surface area contributed by atoms with Gasteiger partial charge < -0.3 is 0 Å². The van der Waals surface area contributed by atoms with E-state index in [1.165, 1.54) is 16.7 Å². The normalized spacial score (nSPS) is 10.9. The lowest BCUT2D eigenvalue weighted by molar-refractivity contribution is -0.118. The van der Waals surface area contributed by atoms with Crippen LogP contribution in [0.5, 0.6) is 0 Å². The van der Waals surface area contributed by atoms with E-state index in [-0.39, 0.29) is 0 Å². The molecule has 0 saturated heterocycles. The van der Waals surface area contributed by atoms with Crippen molar-refractivity contribution in [2.45, 2.75) is 32.6 Å². The molecule has 0 N–H and O–H groups in total. The molecule has 0 bridgehead atoms. The second-order valence-electron chi connectivity index (χ2n) is 7.67. The summed E-state index contributed by atoms with van der Waals surface area (Å²) < 4.78 is 0. The van der Waals surface area contributed by atoms with Crippen molar-refractivity contribution in [3.8, 4) is 11.1 Å². The summed E-state index contributed by atoms with van der Waals surface area (Å²) in [5.74, 6) is 0.313. The minimum absolute atomic E-state index is 0.313. The molecule has 0 amide bonds. The molecule has 29 heavy (non-hydrogen) atoms. The molecule has 2 nitrogen and oxygen atoms in total. The molecule has 0 spiro atoms. The van der Waals surface area contributed by atoms with E-state index >= 15 is 0 Å². The molecule has 1 heterocycles. The molecule has 0 radical (unpaired) electrons. The summed E-state index contributed by atoms with van der Waals surface area (Å²) in [7, 11) is 0. The zero-order valence-electron chi connectivity index (χ0n) is 16.8. The van der Waals surface area contributed by atoms with Gasteiger partial charge in [-0.3, -0.25) is 9.78 Å². The Hall–Kier alpha value is -3.26. The summed E-state index contributed by atoms with van der Waals surface area (Å²) in [6.45, 7) is 2.06. The quantitative estimate of drug-likeness (QED) is 0.375. The molecule has 1 aromatic heterocycles. The first kappa shape index (κ1) is 19.1. The number of aryl methyl sites for hydroxylation is 2. The highest BCUT2D eigenvalue weighted by Gasteiger charge is 2.05. The zero-order chi connectivity index (χ0) is 20.1. The van der Waals surface area contributed by atoms with Gasteiger partial charge in [0, 0.05) is 30.0 Å². The van der Waals surface area contributed by atoms with Crippen molar-refractivity contribution >= 4 is 16.7 Å². The summed E-state index contributed by atoms with van der Waals surface area (Å²) in [5, 5.41) is 1.15. The number of pyridine rings is 1. The van der Waals surface area contributed by atoms with Crippen molar-refractivity contribution in [2.24, 2.45) is 0 Å². The lowest BCUT2D eigenvalue weighted by Gasteiger charge is -2.06. The SMILES string of the molecule is Cc1ccc(CC(=O)CCCc2ccc(-c3cnc4ccccc4c3)cc2)cc1. The minimum Gasteiger partial charge on any atom is -0.299 e. The summed E-state index contributed by atoms with van der Waals surface area (Å²) in [5.41, 5.74) is 6.91. The standard InChI is InChI=1S/C27H25NO/c1-20-9-11-22(12-10-20)17-26(29)7-4-5-21-13-15-23(16-14-21)25-18-24-6-2-3-8-27(24)28-19-25/h2-3,6,8-16,18-19H,4-5,7,17H2,1H3. The lowest BCUT2D eigenvalue weighted by Crippen LogP contribution is -2.03. The fourth-order valence-electron chi connectivity index (χ4n) is 3.60. The monoisotopic (exact) mass is 379 g/mol. The first-order valence-corrected chi connectivity index (χ1v) is 10.2. The predicted molar refractivity (Wildman–Crippen MR) is 120 cm³/mol. The Kier molecular flexibility index (Phi) is 5.81. The number of carbonyl (C=O) groups is 1. The van der Waals surface area contributed by atoms with Crippen LogP contribution < -0.4 is 0 Å². The van der Waals surface area contributed by atoms with E-state index in [1.54, 1.807) is 0 Å². The molecular weight excluding hydrogens is 354 g/mol. The second kappa shape index (κ2) is 8.83. The van der Waals surface area contributed by atoms with Gasteiger partial charge in [0.2, 0.25) is 0 Å². The molecule has 4 aromatic rings. The van der Waals surface area contributed by atoms with Gasteiger partial charge in [-0.2, -0.15) is 0 Å². The largest absolute Gasteiger partial charge is 0.299 e. The van der Waals surface area contributed by atoms with Crippen LogP contribution >= 0.6 is 0 Å². The maximum Gasteiger partial charge on any atom is 0.137 e.